The van der Waals surface area contributed by atoms with Crippen LogP contribution in [-0.2, 0) is 10.7 Å². The van der Waals surface area contributed by atoms with Crippen LogP contribution in [0, 0.1) is 0 Å². The van der Waals surface area contributed by atoms with Gasteiger partial charge in [-0.05, 0) is 51.6 Å². The predicted molar refractivity (Wildman–Crippen MR) is 133 cm³/mol. The molecule has 192 valence electrons. The third-order valence-corrected chi connectivity index (χ3v) is 8.30. The number of carbonyl (C=O) groups is 1. The maximum absolute atomic E-state index is 14.0. The second-order valence-corrected chi connectivity index (χ2v) is 13.0. The molecule has 6 heterocycles. The van der Waals surface area contributed by atoms with Gasteiger partial charge in [0.2, 0.25) is 5.95 Å². The molecule has 1 saturated carbocycles. The summed E-state index contributed by atoms with van der Waals surface area (Å²) in [5, 5.41) is 10.2. The van der Waals surface area contributed by atoms with Gasteiger partial charge in [0.15, 0.2) is 0 Å². The van der Waals surface area contributed by atoms with Crippen LogP contribution in [-0.4, -0.2) is 59.4 Å². The van der Waals surface area contributed by atoms with Gasteiger partial charge in [0.05, 0.1) is 16.8 Å². The molecule has 0 saturated heterocycles. The molecule has 1 aromatic carbocycles. The summed E-state index contributed by atoms with van der Waals surface area (Å²) in [7, 11) is -3.01. The van der Waals surface area contributed by atoms with Gasteiger partial charge in [0.25, 0.3) is 5.91 Å². The minimum atomic E-state index is -4.67. The number of aromatic nitrogens is 3. The number of rotatable bonds is 1. The number of alkyl halides is 3. The molecule has 36 heavy (non-hydrogen) atoms. The van der Waals surface area contributed by atoms with Crippen LogP contribution in [0.2, 0.25) is 0 Å². The lowest BCUT2D eigenvalue weighted by Gasteiger charge is -2.36. The number of hydrogen-bond acceptors (Lipinski definition) is 6. The quantitative estimate of drug-likeness (QED) is 0.362. The van der Waals surface area contributed by atoms with E-state index >= 15 is 0 Å². The van der Waals surface area contributed by atoms with Crippen LogP contribution >= 0.6 is 7.14 Å². The zero-order chi connectivity index (χ0) is 25.7. The van der Waals surface area contributed by atoms with Gasteiger partial charge in [-0.25, -0.2) is 9.97 Å². The van der Waals surface area contributed by atoms with Crippen molar-refractivity contribution in [1.29, 1.82) is 0 Å². The first-order valence-electron chi connectivity index (χ1n) is 11.9. The first-order valence-corrected chi connectivity index (χ1v) is 14.5. The normalized spacial score (nSPS) is 21.3. The average molecular weight is 520 g/mol. The maximum atomic E-state index is 14.0. The molecule has 8 bridgehead atoms. The number of amides is 1. The van der Waals surface area contributed by atoms with Crippen LogP contribution in [0.15, 0.2) is 24.5 Å². The summed E-state index contributed by atoms with van der Waals surface area (Å²) in [6.45, 7) is 4.35. The zero-order valence-corrected chi connectivity index (χ0v) is 20.9. The van der Waals surface area contributed by atoms with E-state index in [0.717, 1.165) is 38.4 Å². The number of carbonyl (C=O) groups excluding carboxylic acids is 1. The van der Waals surface area contributed by atoms with Crippen LogP contribution in [0.5, 0.6) is 0 Å². The minimum absolute atomic E-state index is 0.0663. The summed E-state index contributed by atoms with van der Waals surface area (Å²) in [6.07, 6.45) is 0.850. The van der Waals surface area contributed by atoms with Gasteiger partial charge >= 0.3 is 6.18 Å². The van der Waals surface area contributed by atoms with Crippen molar-refractivity contribution in [3.63, 3.8) is 0 Å². The number of nitrogens with zero attached hydrogens (tertiary/aromatic N) is 2. The second-order valence-electron chi connectivity index (χ2n) is 9.82. The van der Waals surface area contributed by atoms with E-state index in [0.29, 0.717) is 28.8 Å². The zero-order valence-electron chi connectivity index (χ0n) is 20.0. The monoisotopic (exact) mass is 520 g/mol. The lowest BCUT2D eigenvalue weighted by Crippen LogP contribution is -2.48. The number of hydrogen-bond donors (Lipinski definition) is 4. The molecule has 8 nitrogen and oxygen atoms in total. The molecule has 1 amide bonds. The average Bonchev–Trinajstić information content (AvgIpc) is 3.20. The number of nitrogens with one attached hydrogen (secondary N) is 4. The van der Waals surface area contributed by atoms with E-state index in [1.165, 1.54) is 12.3 Å². The first-order chi connectivity index (χ1) is 17.0. The molecule has 5 aliphatic rings. The maximum Gasteiger partial charge on any atom is 0.419 e. The summed E-state index contributed by atoms with van der Waals surface area (Å²) in [5.41, 5.74) is -0.412. The Hall–Kier alpha value is -2.91. The van der Waals surface area contributed by atoms with Gasteiger partial charge in [-0.2, -0.15) is 13.2 Å². The Labute approximate surface area is 206 Å². The lowest BCUT2D eigenvalue weighted by atomic mass is 9.87. The molecule has 0 atom stereocenters. The topological polar surface area (TPSA) is 112 Å². The molecule has 1 aliphatic carbocycles. The van der Waals surface area contributed by atoms with Gasteiger partial charge in [-0.3, -0.25) is 4.79 Å². The highest BCUT2D eigenvalue weighted by molar-refractivity contribution is 7.70. The predicted octanol–water partition coefficient (Wildman–Crippen LogP) is 3.95. The highest BCUT2D eigenvalue weighted by Crippen LogP contribution is 2.43. The van der Waals surface area contributed by atoms with Crippen LogP contribution in [0.25, 0.3) is 22.2 Å². The van der Waals surface area contributed by atoms with Gasteiger partial charge in [0, 0.05) is 47.3 Å². The highest BCUT2D eigenvalue weighted by atomic mass is 31.2. The summed E-state index contributed by atoms with van der Waals surface area (Å²) in [5.74, 6) is -0.231. The third kappa shape index (κ3) is 4.74. The molecule has 0 unspecified atom stereocenters. The highest BCUT2D eigenvalue weighted by Gasteiger charge is 2.37. The molecule has 8 rings (SSSR count). The fourth-order valence-electron chi connectivity index (χ4n) is 4.92. The Balaban J connectivity index is 1.68. The van der Waals surface area contributed by atoms with Gasteiger partial charge in [0.1, 0.15) is 12.7 Å². The fraction of sp³-hybridized carbons (Fsp3) is 0.458. The van der Waals surface area contributed by atoms with Crippen LogP contribution in [0.1, 0.15) is 41.6 Å². The summed E-state index contributed by atoms with van der Waals surface area (Å²) >= 11 is 0. The van der Waals surface area contributed by atoms with Gasteiger partial charge in [-0.1, -0.05) is 6.07 Å². The van der Waals surface area contributed by atoms with E-state index in [2.05, 4.69) is 30.9 Å². The van der Waals surface area contributed by atoms with Crippen molar-refractivity contribution >= 4 is 35.2 Å². The fourth-order valence-corrected chi connectivity index (χ4v) is 6.40. The van der Waals surface area contributed by atoms with E-state index in [4.69, 9.17) is 0 Å². The Morgan fingerprint density at radius 3 is 2.53 bits per heavy atom. The lowest BCUT2D eigenvalue weighted by molar-refractivity contribution is -0.137. The smallest absolute Gasteiger partial charge is 0.360 e. The SMILES string of the molecule is CP(C)(=O)c1c2ccc3c(c[nH]c13)-c1nc(ncc1C(F)(F)F)NC1CC(C1)NCCCCNC2=O. The van der Waals surface area contributed by atoms with Crippen LogP contribution in [0.3, 0.4) is 0 Å². The molecule has 3 aromatic rings. The largest absolute Gasteiger partial charge is 0.419 e. The van der Waals surface area contributed by atoms with E-state index in [1.807, 2.05) is 0 Å². The molecular formula is C24H28F3N6O2P. The van der Waals surface area contributed by atoms with Crippen molar-refractivity contribution in [2.75, 3.05) is 31.7 Å². The Morgan fingerprint density at radius 1 is 1.06 bits per heavy atom. The van der Waals surface area contributed by atoms with Gasteiger partial charge < -0.3 is 25.5 Å². The van der Waals surface area contributed by atoms with E-state index < -0.39 is 18.9 Å². The minimum Gasteiger partial charge on any atom is -0.360 e. The van der Waals surface area contributed by atoms with Crippen molar-refractivity contribution in [2.24, 2.45) is 0 Å². The number of halogens is 3. The molecule has 0 spiro atoms. The third-order valence-electron chi connectivity index (χ3n) is 6.75. The van der Waals surface area contributed by atoms with E-state index in [9.17, 15) is 22.5 Å². The Kier molecular flexibility index (Phi) is 6.32. The van der Waals surface area contributed by atoms with E-state index in [-0.39, 0.29) is 34.7 Å². The molecule has 12 heteroatoms. The van der Waals surface area contributed by atoms with E-state index in [1.54, 1.807) is 19.4 Å². The standard InChI is InChI=1S/C24H28F3N6O2P/c1-36(2,35)21-16-6-5-15-17(11-30-20(15)21)19-18(24(25,26)27)12-31-23(33-19)32-14-9-13(10-14)28-7-3-4-8-29-22(16)34/h5-6,11-14,28,30H,3-4,7-10H2,1-2H3,(H,29,34)(H,31,32,33). The van der Waals surface area contributed by atoms with Crippen LogP contribution in [0.4, 0.5) is 19.1 Å². The van der Waals surface area contributed by atoms with Crippen molar-refractivity contribution in [3.05, 3.63) is 35.7 Å². The Bertz CT molecular complexity index is 1360. The van der Waals surface area contributed by atoms with Crippen molar-refractivity contribution in [3.8, 4) is 11.3 Å². The number of H-pyrrole nitrogens is 1. The second kappa shape index (κ2) is 9.19. The molecule has 4 N–H and O–H groups in total. The number of benzene rings is 1. The van der Waals surface area contributed by atoms with Crippen molar-refractivity contribution in [2.45, 2.75) is 43.9 Å². The van der Waals surface area contributed by atoms with Gasteiger partial charge in [-0.15, -0.1) is 0 Å². The molecule has 4 aliphatic heterocycles. The molecule has 2 aromatic heterocycles. The molecular weight excluding hydrogens is 492 g/mol. The number of aromatic amines is 1. The van der Waals surface area contributed by atoms with Crippen LogP contribution < -0.4 is 21.3 Å². The number of anilines is 1. The first kappa shape index (κ1) is 24.8. The summed E-state index contributed by atoms with van der Waals surface area (Å²) in [4.78, 5) is 24.3. The summed E-state index contributed by atoms with van der Waals surface area (Å²) in [6, 6.07) is 3.50. The summed E-state index contributed by atoms with van der Waals surface area (Å²) < 4.78 is 55.2. The molecule has 1 fully saturated rings. The van der Waals surface area contributed by atoms with Crippen molar-refractivity contribution in [1.82, 2.24) is 25.6 Å². The Morgan fingerprint density at radius 2 is 1.81 bits per heavy atom. The molecule has 0 radical (unpaired) electrons. The van der Waals surface area contributed by atoms with Crippen molar-refractivity contribution < 1.29 is 22.5 Å².